The van der Waals surface area contributed by atoms with Crippen LogP contribution in [0.2, 0.25) is 0 Å². The lowest BCUT2D eigenvalue weighted by Gasteiger charge is -2.19. The van der Waals surface area contributed by atoms with Crippen molar-refractivity contribution in [3.8, 4) is 5.75 Å². The maximum absolute atomic E-state index is 12.5. The van der Waals surface area contributed by atoms with Gasteiger partial charge in [-0.2, -0.15) is 0 Å². The first-order chi connectivity index (χ1) is 12.6. The zero-order valence-electron chi connectivity index (χ0n) is 15.1. The quantitative estimate of drug-likeness (QED) is 0.793. The highest BCUT2D eigenvalue weighted by molar-refractivity contribution is 6.01. The van der Waals surface area contributed by atoms with Crippen LogP contribution in [0.25, 0.3) is 0 Å². The first kappa shape index (κ1) is 20.7. The van der Waals surface area contributed by atoms with Crippen LogP contribution in [0.15, 0.2) is 54.6 Å². The monoisotopic (exact) mass is 389 g/mol. The number of nitrogens with two attached hydrogens (primary N) is 1. The minimum Gasteiger partial charge on any atom is -0.495 e. The van der Waals surface area contributed by atoms with Gasteiger partial charge in [0.1, 0.15) is 5.75 Å². The van der Waals surface area contributed by atoms with E-state index in [2.05, 4.69) is 5.32 Å². The number of rotatable bonds is 6. The van der Waals surface area contributed by atoms with E-state index in [0.29, 0.717) is 24.5 Å². The molecular weight excluding hydrogens is 366 g/mol. The highest BCUT2D eigenvalue weighted by Gasteiger charge is 2.36. The molecule has 144 valence electrons. The van der Waals surface area contributed by atoms with Gasteiger partial charge in [0, 0.05) is 25.6 Å². The van der Waals surface area contributed by atoms with Crippen LogP contribution in [0.3, 0.4) is 0 Å². The molecule has 2 aromatic carbocycles. The third-order valence-corrected chi connectivity index (χ3v) is 4.60. The van der Waals surface area contributed by atoms with Gasteiger partial charge in [-0.3, -0.25) is 9.59 Å². The Balaban J connectivity index is 0.00000261. The third kappa shape index (κ3) is 4.78. The zero-order valence-corrected chi connectivity index (χ0v) is 15.9. The van der Waals surface area contributed by atoms with Crippen molar-refractivity contribution >= 4 is 29.9 Å². The third-order valence-electron chi connectivity index (χ3n) is 4.60. The van der Waals surface area contributed by atoms with Crippen LogP contribution >= 0.6 is 12.4 Å². The summed E-state index contributed by atoms with van der Waals surface area (Å²) in [6.45, 7) is 0.674. The van der Waals surface area contributed by atoms with Crippen LogP contribution in [0.4, 0.5) is 5.69 Å². The van der Waals surface area contributed by atoms with Crippen molar-refractivity contribution in [3.63, 3.8) is 0 Å². The summed E-state index contributed by atoms with van der Waals surface area (Å²) in [5.74, 6) is -0.00692. The molecule has 1 heterocycles. The number of hydrogen-bond donors (Lipinski definition) is 2. The lowest BCUT2D eigenvalue weighted by atomic mass is 10.1. The molecule has 0 saturated carbocycles. The molecule has 1 saturated heterocycles. The summed E-state index contributed by atoms with van der Waals surface area (Å²) < 4.78 is 5.32. The predicted octanol–water partition coefficient (Wildman–Crippen LogP) is 2.29. The van der Waals surface area contributed by atoms with Crippen molar-refractivity contribution in [2.45, 2.75) is 12.5 Å². The molecule has 0 aliphatic carbocycles. The van der Waals surface area contributed by atoms with Crippen molar-refractivity contribution < 1.29 is 14.3 Å². The van der Waals surface area contributed by atoms with E-state index in [-0.39, 0.29) is 36.7 Å². The number of halogens is 1. The average molecular weight is 390 g/mol. The van der Waals surface area contributed by atoms with E-state index in [4.69, 9.17) is 10.5 Å². The van der Waals surface area contributed by atoms with Crippen molar-refractivity contribution in [3.05, 3.63) is 60.2 Å². The Morgan fingerprint density at radius 3 is 2.59 bits per heavy atom. The van der Waals surface area contributed by atoms with Crippen LogP contribution in [0.1, 0.15) is 18.0 Å². The largest absolute Gasteiger partial charge is 0.495 e. The summed E-state index contributed by atoms with van der Waals surface area (Å²) in [6.07, 6.45) is 0.185. The normalized spacial score (nSPS) is 17.2. The molecule has 0 bridgehead atoms. The smallest absolute Gasteiger partial charge is 0.227 e. The Labute approximate surface area is 165 Å². The molecule has 2 amide bonds. The molecule has 27 heavy (non-hydrogen) atoms. The molecule has 0 spiro atoms. The molecule has 1 aliphatic rings. The van der Waals surface area contributed by atoms with Crippen molar-refractivity contribution in [1.29, 1.82) is 0 Å². The number of ether oxygens (including phenoxy) is 1. The van der Waals surface area contributed by atoms with Gasteiger partial charge in [-0.05, 0) is 17.7 Å². The van der Waals surface area contributed by atoms with E-state index in [1.54, 1.807) is 18.1 Å². The fraction of sp³-hybridized carbons (Fsp3) is 0.300. The summed E-state index contributed by atoms with van der Waals surface area (Å²) >= 11 is 0. The maximum Gasteiger partial charge on any atom is 0.227 e. The highest BCUT2D eigenvalue weighted by atomic mass is 35.5. The molecule has 2 atom stereocenters. The number of benzene rings is 2. The molecule has 6 nitrogen and oxygen atoms in total. The highest BCUT2D eigenvalue weighted by Crippen LogP contribution is 2.32. The van der Waals surface area contributed by atoms with Gasteiger partial charge in [-0.15, -0.1) is 12.4 Å². The standard InChI is InChI=1S/C20H23N3O3.ClH/c1-26-18-10-6-5-9-17(18)23-13-15(11-19(23)24)20(25)22-12-16(21)14-7-3-2-4-8-14;/h2-10,15-16H,11-13,21H2,1H3,(H,22,25);1H. The van der Waals surface area contributed by atoms with E-state index in [9.17, 15) is 9.59 Å². The molecule has 7 heteroatoms. The number of nitrogens with zero attached hydrogens (tertiary/aromatic N) is 1. The van der Waals surface area contributed by atoms with Crippen molar-refractivity contribution in [2.75, 3.05) is 25.1 Å². The minimum absolute atomic E-state index is 0. The van der Waals surface area contributed by atoms with Gasteiger partial charge in [-0.1, -0.05) is 42.5 Å². The van der Waals surface area contributed by atoms with Crippen LogP contribution < -0.4 is 20.7 Å². The fourth-order valence-electron chi connectivity index (χ4n) is 3.14. The van der Waals surface area contributed by atoms with Crippen molar-refractivity contribution in [2.24, 2.45) is 11.7 Å². The van der Waals surface area contributed by atoms with E-state index >= 15 is 0 Å². The number of hydrogen-bond acceptors (Lipinski definition) is 4. The zero-order chi connectivity index (χ0) is 18.5. The minimum atomic E-state index is -0.393. The number of methoxy groups -OCH3 is 1. The molecule has 1 aliphatic heterocycles. The van der Waals surface area contributed by atoms with Gasteiger partial charge in [0.2, 0.25) is 11.8 Å². The summed E-state index contributed by atoms with van der Waals surface area (Å²) in [5.41, 5.74) is 7.77. The van der Waals surface area contributed by atoms with E-state index in [0.717, 1.165) is 5.56 Å². The summed E-state index contributed by atoms with van der Waals surface area (Å²) in [4.78, 5) is 26.5. The molecule has 3 N–H and O–H groups in total. The Hall–Kier alpha value is -2.57. The van der Waals surface area contributed by atoms with Gasteiger partial charge in [-0.25, -0.2) is 0 Å². The molecular formula is C20H24ClN3O3. The first-order valence-electron chi connectivity index (χ1n) is 8.61. The SMILES string of the molecule is COc1ccccc1N1CC(C(=O)NCC(N)c2ccccc2)CC1=O.Cl. The fourth-order valence-corrected chi connectivity index (χ4v) is 3.14. The molecule has 2 aromatic rings. The van der Waals surface area contributed by atoms with Crippen molar-refractivity contribution in [1.82, 2.24) is 5.32 Å². The van der Waals surface area contributed by atoms with Crippen LogP contribution in [0.5, 0.6) is 5.75 Å². The second-order valence-electron chi connectivity index (χ2n) is 6.34. The second-order valence-corrected chi connectivity index (χ2v) is 6.34. The Morgan fingerprint density at radius 1 is 1.22 bits per heavy atom. The number of anilines is 1. The predicted molar refractivity (Wildman–Crippen MR) is 107 cm³/mol. The first-order valence-corrected chi connectivity index (χ1v) is 8.61. The Morgan fingerprint density at radius 2 is 1.89 bits per heavy atom. The molecule has 0 aromatic heterocycles. The average Bonchev–Trinajstić information content (AvgIpc) is 3.08. The van der Waals surface area contributed by atoms with Gasteiger partial charge in [0.15, 0.2) is 0 Å². The summed E-state index contributed by atoms with van der Waals surface area (Å²) in [5, 5.41) is 2.87. The number of carbonyl (C=O) groups excluding carboxylic acids is 2. The van der Waals surface area contributed by atoms with Crippen LogP contribution in [0, 0.1) is 5.92 Å². The Kier molecular flexibility index (Phi) is 7.21. The molecule has 3 rings (SSSR count). The summed E-state index contributed by atoms with van der Waals surface area (Å²) in [6, 6.07) is 16.6. The van der Waals surface area contributed by atoms with E-state index in [1.807, 2.05) is 48.5 Å². The summed E-state index contributed by atoms with van der Waals surface area (Å²) in [7, 11) is 1.56. The van der Waals surface area contributed by atoms with E-state index in [1.165, 1.54) is 0 Å². The number of nitrogens with one attached hydrogen (secondary N) is 1. The van der Waals surface area contributed by atoms with Gasteiger partial charge >= 0.3 is 0 Å². The number of carbonyl (C=O) groups is 2. The lowest BCUT2D eigenvalue weighted by Crippen LogP contribution is -2.37. The number of amides is 2. The molecule has 2 unspecified atom stereocenters. The maximum atomic E-state index is 12.5. The van der Waals surface area contributed by atoms with Gasteiger partial charge in [0.25, 0.3) is 0 Å². The molecule has 0 radical (unpaired) electrons. The van der Waals surface area contributed by atoms with Gasteiger partial charge in [0.05, 0.1) is 18.7 Å². The molecule has 1 fully saturated rings. The van der Waals surface area contributed by atoms with Gasteiger partial charge < -0.3 is 20.7 Å². The Bertz CT molecular complexity index is 785. The van der Waals surface area contributed by atoms with Crippen LogP contribution in [-0.2, 0) is 9.59 Å². The van der Waals surface area contributed by atoms with E-state index < -0.39 is 5.92 Å². The van der Waals surface area contributed by atoms with Crippen LogP contribution in [-0.4, -0.2) is 32.0 Å². The lowest BCUT2D eigenvalue weighted by molar-refractivity contribution is -0.126. The second kappa shape index (κ2) is 9.39. The topological polar surface area (TPSA) is 84.7 Å². The number of para-hydroxylation sites is 2.